The summed E-state index contributed by atoms with van der Waals surface area (Å²) in [7, 11) is 0. The van der Waals surface area contributed by atoms with Crippen LogP contribution in [0.5, 0.6) is 5.75 Å². The van der Waals surface area contributed by atoms with E-state index in [1.54, 1.807) is 0 Å². The summed E-state index contributed by atoms with van der Waals surface area (Å²) in [5.41, 5.74) is 2.56. The molecule has 0 aliphatic carbocycles. The second-order valence-corrected chi connectivity index (χ2v) is 5.25. The van der Waals surface area contributed by atoms with Crippen molar-refractivity contribution in [1.29, 1.82) is 0 Å². The van der Waals surface area contributed by atoms with Crippen LogP contribution in [-0.4, -0.2) is 23.9 Å². The lowest BCUT2D eigenvalue weighted by atomic mass is 10.0. The maximum atomic E-state index is 8.97. The Balaban J connectivity index is 1.95. The Labute approximate surface area is 103 Å². The summed E-state index contributed by atoms with van der Waals surface area (Å²) in [5.74, 6) is 1.03. The van der Waals surface area contributed by atoms with Gasteiger partial charge in [0.25, 0.3) is 0 Å². The largest absolute Gasteiger partial charge is 0.493 e. The number of fused-ring (bicyclic) bond motifs is 1. The van der Waals surface area contributed by atoms with Crippen molar-refractivity contribution < 1.29 is 9.84 Å². The van der Waals surface area contributed by atoms with Crippen LogP contribution in [0.25, 0.3) is 0 Å². The first-order chi connectivity index (χ1) is 8.11. The van der Waals surface area contributed by atoms with Gasteiger partial charge in [-0.1, -0.05) is 12.1 Å². The second-order valence-electron chi connectivity index (χ2n) is 5.25. The first-order valence-electron chi connectivity index (χ1n) is 6.21. The molecule has 0 spiro atoms. The molecule has 17 heavy (non-hydrogen) atoms. The zero-order valence-electron chi connectivity index (χ0n) is 10.6. The predicted octanol–water partition coefficient (Wildman–Crippen LogP) is 1.87. The van der Waals surface area contributed by atoms with Gasteiger partial charge in [0.15, 0.2) is 0 Å². The molecule has 2 N–H and O–H groups in total. The van der Waals surface area contributed by atoms with Gasteiger partial charge in [-0.15, -0.1) is 0 Å². The van der Waals surface area contributed by atoms with Crippen LogP contribution in [0, 0.1) is 0 Å². The molecule has 1 aromatic carbocycles. The minimum Gasteiger partial charge on any atom is -0.493 e. The molecule has 94 valence electrons. The number of nitrogens with one attached hydrogen (secondary N) is 1. The van der Waals surface area contributed by atoms with E-state index >= 15 is 0 Å². The van der Waals surface area contributed by atoms with Gasteiger partial charge in [-0.3, -0.25) is 0 Å². The lowest BCUT2D eigenvalue weighted by Crippen LogP contribution is -2.39. The van der Waals surface area contributed by atoms with E-state index in [0.29, 0.717) is 0 Å². The molecule has 1 heterocycles. The molecule has 0 radical (unpaired) electrons. The van der Waals surface area contributed by atoms with Crippen molar-refractivity contribution >= 4 is 0 Å². The molecule has 3 nitrogen and oxygen atoms in total. The van der Waals surface area contributed by atoms with E-state index in [1.807, 2.05) is 0 Å². The summed E-state index contributed by atoms with van der Waals surface area (Å²) in [6, 6.07) is 6.37. The minimum absolute atomic E-state index is 0.0235. The van der Waals surface area contributed by atoms with Gasteiger partial charge in [0.2, 0.25) is 0 Å². The highest BCUT2D eigenvalue weighted by atomic mass is 16.5. The fourth-order valence-electron chi connectivity index (χ4n) is 2.06. The van der Waals surface area contributed by atoms with E-state index in [1.165, 1.54) is 11.1 Å². The van der Waals surface area contributed by atoms with Gasteiger partial charge < -0.3 is 15.2 Å². The Hall–Kier alpha value is -1.06. The van der Waals surface area contributed by atoms with Gasteiger partial charge in [-0.2, -0.15) is 0 Å². The molecule has 0 fully saturated rings. The van der Waals surface area contributed by atoms with Gasteiger partial charge in [0, 0.05) is 25.1 Å². The summed E-state index contributed by atoms with van der Waals surface area (Å²) >= 11 is 0. The fraction of sp³-hybridized carbons (Fsp3) is 0.571. The summed E-state index contributed by atoms with van der Waals surface area (Å²) in [6.07, 6.45) is 1.78. The monoisotopic (exact) mass is 235 g/mol. The van der Waals surface area contributed by atoms with Crippen molar-refractivity contribution in [2.45, 2.75) is 38.8 Å². The van der Waals surface area contributed by atoms with Crippen molar-refractivity contribution in [3.05, 3.63) is 29.3 Å². The molecular formula is C14H21NO2. The molecule has 0 saturated heterocycles. The smallest absolute Gasteiger partial charge is 0.122 e. The maximum absolute atomic E-state index is 8.97. The van der Waals surface area contributed by atoms with Gasteiger partial charge in [-0.05, 0) is 37.5 Å². The third-order valence-corrected chi connectivity index (χ3v) is 3.26. The first kappa shape index (κ1) is 12.4. The molecule has 0 bridgehead atoms. The minimum atomic E-state index is -0.0235. The number of ether oxygens (including phenoxy) is 1. The van der Waals surface area contributed by atoms with Crippen LogP contribution in [0.3, 0.4) is 0 Å². The van der Waals surface area contributed by atoms with Crippen LogP contribution >= 0.6 is 0 Å². The zero-order chi connectivity index (χ0) is 12.3. The van der Waals surface area contributed by atoms with E-state index < -0.39 is 0 Å². The van der Waals surface area contributed by atoms with Crippen LogP contribution in [-0.2, 0) is 13.0 Å². The Morgan fingerprint density at radius 2 is 2.24 bits per heavy atom. The SMILES string of the molecule is CC(C)(CCO)NCc1ccc2c(c1)CCO2. The zero-order valence-corrected chi connectivity index (χ0v) is 10.6. The van der Waals surface area contributed by atoms with E-state index in [0.717, 1.165) is 31.7 Å². The molecule has 0 atom stereocenters. The molecule has 1 aliphatic rings. The molecule has 1 aliphatic heterocycles. The normalized spacial score (nSPS) is 14.5. The highest BCUT2D eigenvalue weighted by molar-refractivity contribution is 5.39. The number of aliphatic hydroxyl groups excluding tert-OH is 1. The van der Waals surface area contributed by atoms with Crippen molar-refractivity contribution in [3.8, 4) is 5.75 Å². The molecule has 2 rings (SSSR count). The third-order valence-electron chi connectivity index (χ3n) is 3.26. The fourth-order valence-corrected chi connectivity index (χ4v) is 2.06. The van der Waals surface area contributed by atoms with Crippen molar-refractivity contribution in [2.75, 3.05) is 13.2 Å². The van der Waals surface area contributed by atoms with E-state index in [4.69, 9.17) is 9.84 Å². The Bertz CT molecular complexity index is 388. The molecule has 3 heteroatoms. The van der Waals surface area contributed by atoms with Crippen LogP contribution < -0.4 is 10.1 Å². The van der Waals surface area contributed by atoms with Gasteiger partial charge in [-0.25, -0.2) is 0 Å². The summed E-state index contributed by atoms with van der Waals surface area (Å²) in [4.78, 5) is 0. The number of hydrogen-bond acceptors (Lipinski definition) is 3. The maximum Gasteiger partial charge on any atom is 0.122 e. The van der Waals surface area contributed by atoms with Crippen LogP contribution in [0.15, 0.2) is 18.2 Å². The topological polar surface area (TPSA) is 41.5 Å². The molecular weight excluding hydrogens is 214 g/mol. The highest BCUT2D eigenvalue weighted by Crippen LogP contribution is 2.26. The number of aliphatic hydroxyl groups is 1. The number of benzene rings is 1. The summed E-state index contributed by atoms with van der Waals surface area (Å²) < 4.78 is 5.48. The predicted molar refractivity (Wildman–Crippen MR) is 68.3 cm³/mol. The molecule has 0 aromatic heterocycles. The number of rotatable bonds is 5. The standard InChI is InChI=1S/C14H21NO2/c1-14(2,6-7-16)15-10-11-3-4-13-12(9-11)5-8-17-13/h3-4,9,15-16H,5-8,10H2,1-2H3. The van der Waals surface area contributed by atoms with Crippen LogP contribution in [0.4, 0.5) is 0 Å². The Morgan fingerprint density at radius 1 is 1.41 bits per heavy atom. The highest BCUT2D eigenvalue weighted by Gasteiger charge is 2.17. The quantitative estimate of drug-likeness (QED) is 0.818. The second kappa shape index (κ2) is 5.07. The average Bonchev–Trinajstić information content (AvgIpc) is 2.73. The van der Waals surface area contributed by atoms with E-state index in [2.05, 4.69) is 37.4 Å². The van der Waals surface area contributed by atoms with Crippen molar-refractivity contribution in [3.63, 3.8) is 0 Å². The van der Waals surface area contributed by atoms with E-state index in [-0.39, 0.29) is 12.1 Å². The average molecular weight is 235 g/mol. The van der Waals surface area contributed by atoms with Gasteiger partial charge >= 0.3 is 0 Å². The first-order valence-corrected chi connectivity index (χ1v) is 6.21. The van der Waals surface area contributed by atoms with Crippen molar-refractivity contribution in [1.82, 2.24) is 5.32 Å². The molecule has 0 unspecified atom stereocenters. The van der Waals surface area contributed by atoms with Crippen LogP contribution in [0.1, 0.15) is 31.4 Å². The molecule has 0 saturated carbocycles. The lowest BCUT2D eigenvalue weighted by molar-refractivity contribution is 0.230. The molecule has 1 aromatic rings. The van der Waals surface area contributed by atoms with E-state index in [9.17, 15) is 0 Å². The lowest BCUT2D eigenvalue weighted by Gasteiger charge is -2.25. The van der Waals surface area contributed by atoms with Crippen molar-refractivity contribution in [2.24, 2.45) is 0 Å². The Kier molecular flexibility index (Phi) is 3.69. The molecule has 0 amide bonds. The third kappa shape index (κ3) is 3.20. The van der Waals surface area contributed by atoms with Gasteiger partial charge in [0.05, 0.1) is 6.61 Å². The van der Waals surface area contributed by atoms with Crippen LogP contribution in [0.2, 0.25) is 0 Å². The number of hydrogen-bond donors (Lipinski definition) is 2. The van der Waals surface area contributed by atoms with Gasteiger partial charge in [0.1, 0.15) is 5.75 Å². The summed E-state index contributed by atoms with van der Waals surface area (Å²) in [5, 5.41) is 12.4. The Morgan fingerprint density at radius 3 is 3.00 bits per heavy atom. The summed E-state index contributed by atoms with van der Waals surface area (Å²) in [6.45, 7) is 6.08.